The second-order valence-corrected chi connectivity index (χ2v) is 9.79. The van der Waals surface area contributed by atoms with Crippen molar-refractivity contribution < 1.29 is 19.1 Å². The minimum absolute atomic E-state index is 0.0675. The molecule has 3 N–H and O–H groups in total. The van der Waals surface area contributed by atoms with E-state index in [-0.39, 0.29) is 12.1 Å². The van der Waals surface area contributed by atoms with Crippen molar-refractivity contribution in [1.82, 2.24) is 15.0 Å². The summed E-state index contributed by atoms with van der Waals surface area (Å²) >= 11 is 1.50. The molecule has 0 aliphatic carbocycles. The van der Waals surface area contributed by atoms with E-state index in [4.69, 9.17) is 20.0 Å². The molecule has 1 fully saturated rings. The Kier molecular flexibility index (Phi) is 6.79. The van der Waals surface area contributed by atoms with Crippen molar-refractivity contribution in [3.8, 4) is 5.75 Å². The molecule has 2 aromatic heterocycles. The van der Waals surface area contributed by atoms with E-state index in [1.165, 1.54) is 11.3 Å². The molecule has 11 nitrogen and oxygen atoms in total. The first-order valence-electron chi connectivity index (χ1n) is 11.8. The number of nitrogens with one attached hydrogen (secondary N) is 1. The Hall–Kier alpha value is -3.64. The van der Waals surface area contributed by atoms with Crippen LogP contribution in [0.15, 0.2) is 34.6 Å². The van der Waals surface area contributed by atoms with Gasteiger partial charge in [-0.05, 0) is 30.2 Å². The van der Waals surface area contributed by atoms with Crippen LogP contribution in [0.25, 0.3) is 10.2 Å². The standard InChI is InChI=1S/C24H29N7O4S/c1-14(2)18-12-26-21(34-18)17-13-36-22-19(17)20(28-23(25)29-22)30-8-10-31(11-9-30)35-24(32)27-15-4-6-16(33-3)7-5-15/h4-7,13-14,18H,8-12H2,1-3H3,(H,27,32)(H2,25,28,29). The van der Waals surface area contributed by atoms with Crippen molar-refractivity contribution in [2.45, 2.75) is 20.0 Å². The number of aliphatic imine (C=N–C) groups is 1. The highest BCUT2D eigenvalue weighted by atomic mass is 32.1. The monoisotopic (exact) mass is 511 g/mol. The van der Waals surface area contributed by atoms with Crippen LogP contribution in [-0.2, 0) is 9.57 Å². The average molecular weight is 512 g/mol. The Labute approximate surface area is 212 Å². The third-order valence-electron chi connectivity index (χ3n) is 6.17. The number of nitrogen functional groups attached to an aromatic ring is 1. The van der Waals surface area contributed by atoms with Crippen LogP contribution in [-0.4, -0.2) is 73.0 Å². The van der Waals surface area contributed by atoms with Crippen LogP contribution in [0, 0.1) is 5.92 Å². The van der Waals surface area contributed by atoms with Gasteiger partial charge >= 0.3 is 6.09 Å². The molecule has 0 bridgehead atoms. The molecule has 2 aliphatic heterocycles. The van der Waals surface area contributed by atoms with Gasteiger partial charge in [0, 0.05) is 24.2 Å². The van der Waals surface area contributed by atoms with Crippen LogP contribution < -0.4 is 20.7 Å². The summed E-state index contributed by atoms with van der Waals surface area (Å²) in [5.74, 6) is 2.68. The lowest BCUT2D eigenvalue weighted by atomic mass is 10.1. The van der Waals surface area contributed by atoms with Gasteiger partial charge in [-0.15, -0.1) is 16.4 Å². The molecule has 12 heteroatoms. The first-order valence-corrected chi connectivity index (χ1v) is 12.7. The number of amides is 1. The number of piperazine rings is 1. The van der Waals surface area contributed by atoms with Crippen LogP contribution in [0.3, 0.4) is 0 Å². The molecule has 0 spiro atoms. The maximum atomic E-state index is 12.4. The van der Waals surface area contributed by atoms with Crippen LogP contribution >= 0.6 is 11.3 Å². The van der Waals surface area contributed by atoms with Gasteiger partial charge in [0.25, 0.3) is 0 Å². The number of methoxy groups -OCH3 is 1. The molecule has 0 radical (unpaired) electrons. The summed E-state index contributed by atoms with van der Waals surface area (Å²) in [5, 5.41) is 7.27. The van der Waals surface area contributed by atoms with E-state index < -0.39 is 6.09 Å². The lowest BCUT2D eigenvalue weighted by molar-refractivity contribution is -0.0966. The molecule has 1 amide bonds. The number of nitrogens with two attached hydrogens (primary N) is 1. The fourth-order valence-electron chi connectivity index (χ4n) is 4.14. The van der Waals surface area contributed by atoms with E-state index in [0.29, 0.717) is 56.0 Å². The van der Waals surface area contributed by atoms with Crippen LogP contribution in [0.4, 0.5) is 22.2 Å². The topological polar surface area (TPSA) is 127 Å². The molecule has 3 aromatic rings. The van der Waals surface area contributed by atoms with Crippen LogP contribution in [0.1, 0.15) is 19.4 Å². The smallest absolute Gasteiger partial charge is 0.430 e. The molecule has 1 aromatic carbocycles. The number of carbonyl (C=O) groups excluding carboxylic acids is 1. The number of hydrogen-bond acceptors (Lipinski definition) is 11. The van der Waals surface area contributed by atoms with Crippen LogP contribution in [0.2, 0.25) is 0 Å². The molecule has 0 saturated carbocycles. The summed E-state index contributed by atoms with van der Waals surface area (Å²) in [4.78, 5) is 34.4. The quantitative estimate of drug-likeness (QED) is 0.512. The minimum Gasteiger partial charge on any atom is -0.497 e. The number of carbonyl (C=O) groups is 1. The Morgan fingerprint density at radius 1 is 1.19 bits per heavy atom. The number of thiophene rings is 1. The Morgan fingerprint density at radius 3 is 2.61 bits per heavy atom. The first kappa shape index (κ1) is 24.1. The van der Waals surface area contributed by atoms with E-state index in [1.54, 1.807) is 36.4 Å². The SMILES string of the molecule is COc1ccc(NC(=O)ON2CCN(c3nc(N)nc4scc(C5=NCC(C(C)C)O5)c34)CC2)cc1. The molecule has 36 heavy (non-hydrogen) atoms. The maximum Gasteiger partial charge on any atom is 0.430 e. The van der Waals surface area contributed by atoms with Crippen molar-refractivity contribution in [3.63, 3.8) is 0 Å². The molecule has 2 aliphatic rings. The average Bonchev–Trinajstić information content (AvgIpc) is 3.52. The van der Waals surface area contributed by atoms with E-state index in [1.807, 2.05) is 5.38 Å². The molecule has 1 saturated heterocycles. The number of ether oxygens (including phenoxy) is 2. The number of nitrogens with zero attached hydrogens (tertiary/aromatic N) is 5. The van der Waals surface area contributed by atoms with Crippen molar-refractivity contribution >= 4 is 51.0 Å². The number of hydrogen-bond donors (Lipinski definition) is 2. The summed E-state index contributed by atoms with van der Waals surface area (Å²) in [6.45, 7) is 7.11. The van der Waals surface area contributed by atoms with E-state index in [9.17, 15) is 4.79 Å². The molecular formula is C24H29N7O4S. The molecule has 5 rings (SSSR count). The number of fused-ring (bicyclic) bond motifs is 1. The summed E-state index contributed by atoms with van der Waals surface area (Å²) < 4.78 is 11.3. The zero-order chi connectivity index (χ0) is 25.2. The molecular weight excluding hydrogens is 482 g/mol. The van der Waals surface area contributed by atoms with E-state index in [0.717, 1.165) is 21.6 Å². The second kappa shape index (κ2) is 10.2. The summed E-state index contributed by atoms with van der Waals surface area (Å²) in [5.41, 5.74) is 7.56. The zero-order valence-corrected chi connectivity index (χ0v) is 21.2. The van der Waals surface area contributed by atoms with E-state index >= 15 is 0 Å². The second-order valence-electron chi connectivity index (χ2n) is 8.93. The highest BCUT2D eigenvalue weighted by molar-refractivity contribution is 7.17. The molecule has 1 unspecified atom stereocenters. The van der Waals surface area contributed by atoms with Gasteiger partial charge in [0.05, 0.1) is 37.7 Å². The van der Waals surface area contributed by atoms with Gasteiger partial charge in [0.15, 0.2) is 0 Å². The van der Waals surface area contributed by atoms with Gasteiger partial charge in [0.2, 0.25) is 11.8 Å². The van der Waals surface area contributed by atoms with Gasteiger partial charge in [0.1, 0.15) is 22.5 Å². The first-order chi connectivity index (χ1) is 17.4. The predicted octanol–water partition coefficient (Wildman–Crippen LogP) is 3.37. The molecule has 4 heterocycles. The number of hydroxylamine groups is 2. The van der Waals surface area contributed by atoms with Gasteiger partial charge in [-0.3, -0.25) is 5.32 Å². The van der Waals surface area contributed by atoms with Gasteiger partial charge < -0.3 is 24.9 Å². The Morgan fingerprint density at radius 2 is 1.94 bits per heavy atom. The summed E-state index contributed by atoms with van der Waals surface area (Å²) in [6.07, 6.45) is -0.476. The van der Waals surface area contributed by atoms with Crippen molar-refractivity contribution in [2.75, 3.05) is 55.8 Å². The number of anilines is 3. The van der Waals surface area contributed by atoms with Crippen molar-refractivity contribution in [2.24, 2.45) is 10.9 Å². The van der Waals surface area contributed by atoms with Gasteiger partial charge in [-0.2, -0.15) is 4.98 Å². The summed E-state index contributed by atoms with van der Waals surface area (Å²) in [6, 6.07) is 7.05. The number of rotatable bonds is 6. The predicted molar refractivity (Wildman–Crippen MR) is 140 cm³/mol. The normalized spacial score (nSPS) is 18.3. The minimum atomic E-state index is -0.543. The molecule has 190 valence electrons. The Bertz CT molecular complexity index is 1270. The lowest BCUT2D eigenvalue weighted by Gasteiger charge is -2.34. The largest absolute Gasteiger partial charge is 0.497 e. The lowest BCUT2D eigenvalue weighted by Crippen LogP contribution is -2.47. The van der Waals surface area contributed by atoms with Gasteiger partial charge in [-0.1, -0.05) is 13.8 Å². The summed E-state index contributed by atoms with van der Waals surface area (Å²) in [7, 11) is 1.59. The highest BCUT2D eigenvalue weighted by Crippen LogP contribution is 2.35. The van der Waals surface area contributed by atoms with Crippen LogP contribution in [0.5, 0.6) is 5.75 Å². The van der Waals surface area contributed by atoms with Crippen molar-refractivity contribution in [3.05, 3.63) is 35.2 Å². The number of benzene rings is 1. The fourth-order valence-corrected chi connectivity index (χ4v) is 5.05. The van der Waals surface area contributed by atoms with Crippen molar-refractivity contribution in [1.29, 1.82) is 0 Å². The van der Waals surface area contributed by atoms with Gasteiger partial charge in [-0.25, -0.2) is 14.8 Å². The van der Waals surface area contributed by atoms with E-state index in [2.05, 4.69) is 39.0 Å². The third-order valence-corrected chi connectivity index (χ3v) is 7.04. The Balaban J connectivity index is 1.26. The highest BCUT2D eigenvalue weighted by Gasteiger charge is 2.29. The maximum absolute atomic E-state index is 12.4. The zero-order valence-electron chi connectivity index (χ0n) is 20.4. The third kappa shape index (κ3) is 5.00. The molecule has 1 atom stereocenters. The fraction of sp³-hybridized carbons (Fsp3) is 0.417. The number of aromatic nitrogens is 2.